The molecule has 0 saturated carbocycles. The van der Waals surface area contributed by atoms with E-state index in [2.05, 4.69) is 22.2 Å². The molecule has 0 aliphatic carbocycles. The third kappa shape index (κ3) is 4.46. The predicted octanol–water partition coefficient (Wildman–Crippen LogP) is 3.36. The molecular weight excluding hydrogens is 276 g/mol. The number of ether oxygens (including phenoxy) is 1. The van der Waals surface area contributed by atoms with Crippen LogP contribution in [0.3, 0.4) is 0 Å². The molecule has 2 aromatic rings. The summed E-state index contributed by atoms with van der Waals surface area (Å²) >= 11 is 0. The molecule has 112 valence electrons. The first kappa shape index (κ1) is 15.3. The van der Waals surface area contributed by atoms with Crippen LogP contribution in [0.4, 0.5) is 8.78 Å². The maximum absolute atomic E-state index is 13.1. The minimum Gasteiger partial charge on any atom is -0.424 e. The van der Waals surface area contributed by atoms with E-state index in [0.717, 1.165) is 42.4 Å². The molecule has 6 heteroatoms. The monoisotopic (exact) mass is 293 g/mol. The molecule has 1 N–H and O–H groups in total. The summed E-state index contributed by atoms with van der Waals surface area (Å²) < 4.78 is 31.4. The van der Waals surface area contributed by atoms with E-state index in [-0.39, 0.29) is 11.8 Å². The second-order valence-electron chi connectivity index (χ2n) is 4.65. The van der Waals surface area contributed by atoms with E-state index in [1.54, 1.807) is 6.20 Å². The Morgan fingerprint density at radius 2 is 1.90 bits per heavy atom. The Labute approximate surface area is 122 Å². The number of rotatable bonds is 6. The summed E-state index contributed by atoms with van der Waals surface area (Å²) in [5, 5.41) is 3.26. The molecule has 0 amide bonds. The minimum absolute atomic E-state index is 0.0313. The van der Waals surface area contributed by atoms with Gasteiger partial charge in [0.05, 0.1) is 0 Å². The van der Waals surface area contributed by atoms with Gasteiger partial charge in [0.25, 0.3) is 0 Å². The second-order valence-corrected chi connectivity index (χ2v) is 4.65. The van der Waals surface area contributed by atoms with Crippen molar-refractivity contribution in [3.05, 3.63) is 47.3 Å². The average Bonchev–Trinajstić information content (AvgIpc) is 2.40. The lowest BCUT2D eigenvalue weighted by Crippen LogP contribution is -2.15. The van der Waals surface area contributed by atoms with Gasteiger partial charge in [-0.15, -0.1) is 0 Å². The zero-order chi connectivity index (χ0) is 15.2. The maximum atomic E-state index is 13.1. The molecule has 0 aliphatic heterocycles. The highest BCUT2D eigenvalue weighted by atomic mass is 19.1. The Morgan fingerprint density at radius 1 is 1.19 bits per heavy atom. The van der Waals surface area contributed by atoms with Gasteiger partial charge in [0, 0.05) is 42.2 Å². The van der Waals surface area contributed by atoms with Crippen molar-refractivity contribution in [1.29, 1.82) is 0 Å². The number of hydrogen-bond acceptors (Lipinski definition) is 4. The normalized spacial score (nSPS) is 10.7. The van der Waals surface area contributed by atoms with Crippen molar-refractivity contribution < 1.29 is 13.5 Å². The van der Waals surface area contributed by atoms with Gasteiger partial charge in [-0.25, -0.2) is 13.8 Å². The van der Waals surface area contributed by atoms with Crippen LogP contribution < -0.4 is 10.1 Å². The molecule has 0 atom stereocenters. The summed E-state index contributed by atoms with van der Waals surface area (Å²) in [6, 6.07) is 3.01. The first-order chi connectivity index (χ1) is 10.1. The fraction of sp³-hybridized carbons (Fsp3) is 0.333. The lowest BCUT2D eigenvalue weighted by molar-refractivity contribution is 0.430. The smallest absolute Gasteiger partial charge is 0.322 e. The van der Waals surface area contributed by atoms with Crippen LogP contribution in [-0.2, 0) is 6.54 Å². The van der Waals surface area contributed by atoms with E-state index in [4.69, 9.17) is 4.74 Å². The largest absolute Gasteiger partial charge is 0.424 e. The maximum Gasteiger partial charge on any atom is 0.322 e. The van der Waals surface area contributed by atoms with Crippen molar-refractivity contribution >= 4 is 0 Å². The van der Waals surface area contributed by atoms with E-state index in [1.807, 2.05) is 6.92 Å². The summed E-state index contributed by atoms with van der Waals surface area (Å²) in [7, 11) is 0. The Balaban J connectivity index is 2.09. The number of halogens is 2. The van der Waals surface area contributed by atoms with E-state index < -0.39 is 11.6 Å². The van der Waals surface area contributed by atoms with Gasteiger partial charge in [0.1, 0.15) is 17.4 Å². The fourth-order valence-electron chi connectivity index (χ4n) is 1.79. The van der Waals surface area contributed by atoms with Crippen LogP contribution in [-0.4, -0.2) is 16.5 Å². The summed E-state index contributed by atoms with van der Waals surface area (Å²) in [6.45, 7) is 5.52. The average molecular weight is 293 g/mol. The molecule has 1 aromatic carbocycles. The Bertz CT molecular complexity index is 600. The van der Waals surface area contributed by atoms with Gasteiger partial charge in [0.15, 0.2) is 0 Å². The highest BCUT2D eigenvalue weighted by molar-refractivity contribution is 5.27. The zero-order valence-electron chi connectivity index (χ0n) is 12.0. The molecule has 1 aromatic heterocycles. The van der Waals surface area contributed by atoms with Crippen LogP contribution >= 0.6 is 0 Å². The molecule has 0 unspecified atom stereocenters. The summed E-state index contributed by atoms with van der Waals surface area (Å²) in [5.41, 5.74) is 1.72. The van der Waals surface area contributed by atoms with Crippen LogP contribution in [0.1, 0.15) is 24.6 Å². The van der Waals surface area contributed by atoms with E-state index in [0.29, 0.717) is 6.54 Å². The lowest BCUT2D eigenvalue weighted by Gasteiger charge is -2.08. The molecule has 4 nitrogen and oxygen atoms in total. The van der Waals surface area contributed by atoms with Gasteiger partial charge in [-0.3, -0.25) is 0 Å². The molecule has 21 heavy (non-hydrogen) atoms. The van der Waals surface area contributed by atoms with Gasteiger partial charge >= 0.3 is 6.01 Å². The van der Waals surface area contributed by atoms with Crippen molar-refractivity contribution in [2.75, 3.05) is 6.54 Å². The Morgan fingerprint density at radius 3 is 2.52 bits per heavy atom. The van der Waals surface area contributed by atoms with Gasteiger partial charge in [-0.2, -0.15) is 4.98 Å². The van der Waals surface area contributed by atoms with Gasteiger partial charge in [-0.1, -0.05) is 6.92 Å². The molecule has 0 radical (unpaired) electrons. The third-order valence-corrected chi connectivity index (χ3v) is 2.85. The Hall–Kier alpha value is -2.08. The van der Waals surface area contributed by atoms with E-state index in [1.165, 1.54) is 0 Å². The molecule has 1 heterocycles. The molecule has 0 aliphatic rings. The molecular formula is C15H17F2N3O. The van der Waals surface area contributed by atoms with Crippen molar-refractivity contribution in [3.63, 3.8) is 0 Å². The quantitative estimate of drug-likeness (QED) is 0.830. The zero-order valence-corrected chi connectivity index (χ0v) is 12.0. The molecule has 0 saturated heterocycles. The van der Waals surface area contributed by atoms with E-state index in [9.17, 15) is 8.78 Å². The van der Waals surface area contributed by atoms with Crippen molar-refractivity contribution in [2.45, 2.75) is 26.8 Å². The van der Waals surface area contributed by atoms with Crippen LogP contribution in [0.5, 0.6) is 11.8 Å². The van der Waals surface area contributed by atoms with Gasteiger partial charge < -0.3 is 10.1 Å². The number of benzene rings is 1. The lowest BCUT2D eigenvalue weighted by atomic mass is 10.2. The Kier molecular flexibility index (Phi) is 5.16. The summed E-state index contributed by atoms with van der Waals surface area (Å²) in [5.74, 6) is -1.38. The number of aryl methyl sites for hydroxylation is 1. The SMILES string of the molecule is CCCNCc1cnc(Oc2cc(F)cc(F)c2)nc1C. The summed E-state index contributed by atoms with van der Waals surface area (Å²) in [4.78, 5) is 8.24. The standard InChI is InChI=1S/C15H17F2N3O/c1-3-4-18-8-11-9-19-15(20-10(11)2)21-14-6-12(16)5-13(17)7-14/h5-7,9,18H,3-4,8H2,1-2H3. The number of nitrogens with zero attached hydrogens (tertiary/aromatic N) is 2. The fourth-order valence-corrected chi connectivity index (χ4v) is 1.79. The first-order valence-electron chi connectivity index (χ1n) is 6.75. The summed E-state index contributed by atoms with van der Waals surface area (Å²) in [6.07, 6.45) is 2.70. The van der Waals surface area contributed by atoms with Gasteiger partial charge in [0.2, 0.25) is 0 Å². The highest BCUT2D eigenvalue weighted by Crippen LogP contribution is 2.21. The molecule has 0 fully saturated rings. The number of hydrogen-bond donors (Lipinski definition) is 1. The van der Waals surface area contributed by atoms with E-state index >= 15 is 0 Å². The third-order valence-electron chi connectivity index (χ3n) is 2.85. The first-order valence-corrected chi connectivity index (χ1v) is 6.75. The van der Waals surface area contributed by atoms with Crippen molar-refractivity contribution in [2.24, 2.45) is 0 Å². The molecule has 0 bridgehead atoms. The molecule has 2 rings (SSSR count). The van der Waals surface area contributed by atoms with Crippen LogP contribution in [0.25, 0.3) is 0 Å². The van der Waals surface area contributed by atoms with Crippen molar-refractivity contribution in [1.82, 2.24) is 15.3 Å². The van der Waals surface area contributed by atoms with Crippen LogP contribution in [0, 0.1) is 18.6 Å². The second kappa shape index (κ2) is 7.08. The van der Waals surface area contributed by atoms with Crippen LogP contribution in [0.2, 0.25) is 0 Å². The highest BCUT2D eigenvalue weighted by Gasteiger charge is 2.07. The number of aromatic nitrogens is 2. The number of nitrogens with one attached hydrogen (secondary N) is 1. The van der Waals surface area contributed by atoms with Crippen molar-refractivity contribution in [3.8, 4) is 11.8 Å². The van der Waals surface area contributed by atoms with Gasteiger partial charge in [-0.05, 0) is 19.9 Å². The minimum atomic E-state index is -0.706. The predicted molar refractivity (Wildman–Crippen MR) is 75.2 cm³/mol. The van der Waals surface area contributed by atoms with Crippen LogP contribution in [0.15, 0.2) is 24.4 Å². The molecule has 0 spiro atoms. The topological polar surface area (TPSA) is 47.0 Å².